The van der Waals surface area contributed by atoms with Crippen LogP contribution < -0.4 is 9.47 Å². The van der Waals surface area contributed by atoms with Gasteiger partial charge in [-0.05, 0) is 44.2 Å². The lowest BCUT2D eigenvalue weighted by Gasteiger charge is -2.28. The van der Waals surface area contributed by atoms with Gasteiger partial charge in [0.1, 0.15) is 39.9 Å². The van der Waals surface area contributed by atoms with E-state index >= 15 is 0 Å². The normalized spacial score (nSPS) is 15.0. The summed E-state index contributed by atoms with van der Waals surface area (Å²) in [6, 6.07) is 8.03. The standard InChI is InChI=1S/C20H18O5/c1-20(2)7-6-13-18(25-20)10-17-14(19(13)23-3)9-16(24-17)12-5-4-11(21)8-15(12)22/h4-10,21-22H,1-3H3. The highest BCUT2D eigenvalue weighted by Gasteiger charge is 2.26. The fraction of sp³-hybridized carbons (Fsp3) is 0.200. The molecular weight excluding hydrogens is 320 g/mol. The SMILES string of the molecule is COc1c2c(cc3oc(-c4ccc(O)cc4O)cc13)OC(C)(C)C=C2. The topological polar surface area (TPSA) is 72.1 Å². The first kappa shape index (κ1) is 15.4. The van der Waals surface area contributed by atoms with Crippen LogP contribution in [-0.2, 0) is 0 Å². The molecule has 2 aromatic carbocycles. The van der Waals surface area contributed by atoms with E-state index in [4.69, 9.17) is 13.9 Å². The molecular formula is C20H18O5. The van der Waals surface area contributed by atoms with Gasteiger partial charge in [-0.15, -0.1) is 0 Å². The van der Waals surface area contributed by atoms with Gasteiger partial charge in [0.2, 0.25) is 0 Å². The molecule has 2 N–H and O–H groups in total. The maximum atomic E-state index is 10.1. The van der Waals surface area contributed by atoms with Gasteiger partial charge < -0.3 is 24.1 Å². The maximum absolute atomic E-state index is 10.1. The molecule has 0 bridgehead atoms. The number of methoxy groups -OCH3 is 1. The third kappa shape index (κ3) is 2.48. The highest BCUT2D eigenvalue weighted by Crippen LogP contribution is 2.45. The van der Waals surface area contributed by atoms with Gasteiger partial charge >= 0.3 is 0 Å². The summed E-state index contributed by atoms with van der Waals surface area (Å²) < 4.78 is 17.5. The minimum Gasteiger partial charge on any atom is -0.508 e. The Morgan fingerprint density at radius 2 is 1.88 bits per heavy atom. The molecule has 0 radical (unpaired) electrons. The summed E-state index contributed by atoms with van der Waals surface area (Å²) in [4.78, 5) is 0. The van der Waals surface area contributed by atoms with Gasteiger partial charge in [-0.2, -0.15) is 0 Å². The summed E-state index contributed by atoms with van der Waals surface area (Å²) in [5.74, 6) is 1.77. The second-order valence-electron chi connectivity index (χ2n) is 6.58. The smallest absolute Gasteiger partial charge is 0.142 e. The van der Waals surface area contributed by atoms with E-state index in [0.29, 0.717) is 28.4 Å². The lowest BCUT2D eigenvalue weighted by molar-refractivity contribution is 0.158. The summed E-state index contributed by atoms with van der Waals surface area (Å²) in [7, 11) is 1.60. The van der Waals surface area contributed by atoms with Gasteiger partial charge in [0.25, 0.3) is 0 Å². The van der Waals surface area contributed by atoms with Gasteiger partial charge in [-0.25, -0.2) is 0 Å². The molecule has 4 rings (SSSR count). The Kier molecular flexibility index (Phi) is 3.22. The van der Waals surface area contributed by atoms with Gasteiger partial charge in [-0.3, -0.25) is 0 Å². The predicted molar refractivity (Wildman–Crippen MR) is 95.3 cm³/mol. The third-order valence-electron chi connectivity index (χ3n) is 4.25. The van der Waals surface area contributed by atoms with E-state index in [9.17, 15) is 10.2 Å². The van der Waals surface area contributed by atoms with Crippen molar-refractivity contribution in [1.82, 2.24) is 0 Å². The number of fused-ring (bicyclic) bond motifs is 2. The van der Waals surface area contributed by atoms with Crippen molar-refractivity contribution in [2.75, 3.05) is 7.11 Å². The lowest BCUT2D eigenvalue weighted by atomic mass is 10.00. The molecule has 1 aliphatic rings. The van der Waals surface area contributed by atoms with Crippen LogP contribution in [0.1, 0.15) is 19.4 Å². The zero-order valence-corrected chi connectivity index (χ0v) is 14.2. The van der Waals surface area contributed by atoms with E-state index in [-0.39, 0.29) is 11.5 Å². The highest BCUT2D eigenvalue weighted by molar-refractivity contribution is 5.94. The molecule has 0 unspecified atom stereocenters. The molecule has 1 aromatic heterocycles. The van der Waals surface area contributed by atoms with Crippen LogP contribution in [0.25, 0.3) is 28.4 Å². The molecule has 0 saturated carbocycles. The Morgan fingerprint density at radius 1 is 1.08 bits per heavy atom. The van der Waals surface area contributed by atoms with Crippen LogP contribution in [-0.4, -0.2) is 22.9 Å². The van der Waals surface area contributed by atoms with Gasteiger partial charge in [0.05, 0.1) is 23.6 Å². The summed E-state index contributed by atoms with van der Waals surface area (Å²) >= 11 is 0. The number of hydrogen-bond donors (Lipinski definition) is 2. The first-order chi connectivity index (χ1) is 11.9. The monoisotopic (exact) mass is 338 g/mol. The highest BCUT2D eigenvalue weighted by atomic mass is 16.5. The molecule has 0 atom stereocenters. The van der Waals surface area contributed by atoms with Crippen molar-refractivity contribution >= 4 is 17.0 Å². The molecule has 128 valence electrons. The third-order valence-corrected chi connectivity index (χ3v) is 4.25. The van der Waals surface area contributed by atoms with Gasteiger partial charge in [0, 0.05) is 12.1 Å². The Balaban J connectivity index is 1.93. The molecule has 0 fully saturated rings. The van der Waals surface area contributed by atoms with E-state index in [0.717, 1.165) is 10.9 Å². The summed E-state index contributed by atoms with van der Waals surface area (Å²) in [5.41, 5.74) is 1.54. The maximum Gasteiger partial charge on any atom is 0.142 e. The second kappa shape index (κ2) is 5.21. The molecule has 5 nitrogen and oxygen atoms in total. The molecule has 5 heteroatoms. The molecule has 0 amide bonds. The summed E-state index contributed by atoms with van der Waals surface area (Å²) in [6.45, 7) is 3.95. The van der Waals surface area contributed by atoms with Gasteiger partial charge in [0.15, 0.2) is 0 Å². The van der Waals surface area contributed by atoms with Crippen LogP contribution in [0.2, 0.25) is 0 Å². The number of hydrogen-bond acceptors (Lipinski definition) is 5. The number of benzene rings is 2. The Morgan fingerprint density at radius 3 is 2.60 bits per heavy atom. The first-order valence-electron chi connectivity index (χ1n) is 7.93. The average Bonchev–Trinajstić information content (AvgIpc) is 2.94. The van der Waals surface area contributed by atoms with E-state index in [1.165, 1.54) is 12.1 Å². The minimum atomic E-state index is -0.406. The van der Waals surface area contributed by atoms with E-state index in [1.807, 2.05) is 38.1 Å². The fourth-order valence-corrected chi connectivity index (χ4v) is 3.07. The van der Waals surface area contributed by atoms with E-state index in [1.54, 1.807) is 13.2 Å². The van der Waals surface area contributed by atoms with Crippen molar-refractivity contribution in [3.63, 3.8) is 0 Å². The number of phenols is 2. The Bertz CT molecular complexity index is 1010. The van der Waals surface area contributed by atoms with Crippen molar-refractivity contribution in [2.45, 2.75) is 19.4 Å². The first-order valence-corrected chi connectivity index (χ1v) is 7.93. The number of furan rings is 1. The summed E-state index contributed by atoms with van der Waals surface area (Å²) in [5, 5.41) is 20.3. The zero-order valence-electron chi connectivity index (χ0n) is 14.2. The van der Waals surface area contributed by atoms with Crippen LogP contribution in [0.3, 0.4) is 0 Å². The molecule has 0 spiro atoms. The van der Waals surface area contributed by atoms with Crippen LogP contribution >= 0.6 is 0 Å². The quantitative estimate of drug-likeness (QED) is 0.708. The van der Waals surface area contributed by atoms with E-state index in [2.05, 4.69) is 0 Å². The van der Waals surface area contributed by atoms with Crippen molar-refractivity contribution in [3.8, 4) is 34.3 Å². The van der Waals surface area contributed by atoms with Crippen LogP contribution in [0.5, 0.6) is 23.0 Å². The van der Waals surface area contributed by atoms with Crippen molar-refractivity contribution in [2.24, 2.45) is 0 Å². The average molecular weight is 338 g/mol. The van der Waals surface area contributed by atoms with Gasteiger partial charge in [-0.1, -0.05) is 0 Å². The minimum absolute atomic E-state index is 0.00817. The Labute approximate surface area is 144 Å². The molecule has 3 aromatic rings. The number of ether oxygens (including phenoxy) is 2. The molecule has 2 heterocycles. The molecule has 25 heavy (non-hydrogen) atoms. The van der Waals surface area contributed by atoms with Crippen molar-refractivity contribution in [3.05, 3.63) is 42.0 Å². The molecule has 1 aliphatic heterocycles. The fourth-order valence-electron chi connectivity index (χ4n) is 3.07. The summed E-state index contributed by atoms with van der Waals surface area (Å²) in [6.07, 6.45) is 3.97. The van der Waals surface area contributed by atoms with Crippen molar-refractivity contribution < 1.29 is 24.1 Å². The number of phenolic OH excluding ortho intramolecular Hbond substituents is 2. The molecule has 0 aliphatic carbocycles. The zero-order chi connectivity index (χ0) is 17.8. The Hall–Kier alpha value is -3.08. The number of rotatable bonds is 2. The van der Waals surface area contributed by atoms with Crippen LogP contribution in [0, 0.1) is 0 Å². The second-order valence-corrected chi connectivity index (χ2v) is 6.58. The number of aromatic hydroxyl groups is 2. The van der Waals surface area contributed by atoms with E-state index < -0.39 is 5.60 Å². The van der Waals surface area contributed by atoms with Crippen LogP contribution in [0.4, 0.5) is 0 Å². The molecule has 0 saturated heterocycles. The van der Waals surface area contributed by atoms with Crippen LogP contribution in [0.15, 0.2) is 40.8 Å². The lowest BCUT2D eigenvalue weighted by Crippen LogP contribution is -2.27. The predicted octanol–water partition coefficient (Wildman–Crippen LogP) is 4.70. The largest absolute Gasteiger partial charge is 0.508 e. The van der Waals surface area contributed by atoms with Crippen molar-refractivity contribution in [1.29, 1.82) is 0 Å².